The molecular weight excluding hydrogens is 491 g/mol. The molecule has 0 radical (unpaired) electrons. The molecule has 0 aliphatic rings. The fourth-order valence-corrected chi connectivity index (χ4v) is 3.23. The molecule has 0 atom stereocenters. The van der Waals surface area contributed by atoms with Crippen molar-refractivity contribution in [2.24, 2.45) is 0 Å². The average molecular weight is 508 g/mol. The van der Waals surface area contributed by atoms with Crippen LogP contribution in [-0.2, 0) is 0 Å². The standard InChI is InChI=1S/C23H16O11.K.H/c24-11(9-31-14-3-1-5-16-20(14)12(25)7-18(33-16)22(27)28)10-32-15-4-2-6-17-21(15)13(26)8-19(34-17)23(29)30;;/h1-8,11,24H,9-10H2,(H,27,28)(H,29,30);;/q;+1;-1. The molecule has 4 rings (SSSR count). The Bertz CT molecular complexity index is 1430. The van der Waals surface area contributed by atoms with Gasteiger partial charge < -0.3 is 35.1 Å². The monoisotopic (exact) mass is 508 g/mol. The number of benzene rings is 2. The number of aromatic carboxylic acids is 2. The van der Waals surface area contributed by atoms with Crippen LogP contribution in [0.3, 0.4) is 0 Å². The van der Waals surface area contributed by atoms with E-state index in [9.17, 15) is 24.3 Å². The summed E-state index contributed by atoms with van der Waals surface area (Å²) in [6.45, 7) is -0.608. The van der Waals surface area contributed by atoms with Crippen molar-refractivity contribution >= 4 is 33.9 Å². The molecule has 0 amide bonds. The van der Waals surface area contributed by atoms with Gasteiger partial charge in [-0.15, -0.1) is 0 Å². The molecule has 2 heterocycles. The third kappa shape index (κ3) is 5.81. The molecule has 0 bridgehead atoms. The number of hydrogen-bond acceptors (Lipinski definition) is 9. The van der Waals surface area contributed by atoms with E-state index < -0.39 is 40.4 Å². The van der Waals surface area contributed by atoms with E-state index in [4.69, 9.17) is 28.5 Å². The van der Waals surface area contributed by atoms with Gasteiger partial charge in [0.1, 0.15) is 52.8 Å². The van der Waals surface area contributed by atoms with Crippen LogP contribution >= 0.6 is 0 Å². The number of carboxylic acids is 2. The van der Waals surface area contributed by atoms with Gasteiger partial charge >= 0.3 is 63.3 Å². The normalized spacial score (nSPS) is 10.8. The van der Waals surface area contributed by atoms with E-state index in [1.807, 2.05) is 0 Å². The van der Waals surface area contributed by atoms with E-state index in [1.54, 1.807) is 0 Å². The molecule has 2 aromatic carbocycles. The summed E-state index contributed by atoms with van der Waals surface area (Å²) in [6, 6.07) is 10.4. The first kappa shape index (κ1) is 26.6. The zero-order valence-electron chi connectivity index (χ0n) is 19.2. The van der Waals surface area contributed by atoms with Crippen LogP contribution in [0.5, 0.6) is 11.5 Å². The predicted octanol–water partition coefficient (Wildman–Crippen LogP) is -0.769. The topological polar surface area (TPSA) is 174 Å². The van der Waals surface area contributed by atoms with Gasteiger partial charge in [-0.25, -0.2) is 9.59 Å². The number of aliphatic hydroxyl groups excluding tert-OH is 1. The maximum absolute atomic E-state index is 12.3. The van der Waals surface area contributed by atoms with Crippen LogP contribution in [0.15, 0.2) is 67.0 Å². The first-order chi connectivity index (χ1) is 16.2. The minimum atomic E-state index is -1.39. The largest absolute Gasteiger partial charge is 1.00 e. The molecule has 0 unspecified atom stereocenters. The van der Waals surface area contributed by atoms with Crippen LogP contribution in [0.2, 0.25) is 0 Å². The van der Waals surface area contributed by atoms with Gasteiger partial charge in [-0.05, 0) is 24.3 Å². The third-order valence-corrected chi connectivity index (χ3v) is 4.72. The Morgan fingerprint density at radius 3 is 1.57 bits per heavy atom. The van der Waals surface area contributed by atoms with Gasteiger partial charge in [0, 0.05) is 12.1 Å². The van der Waals surface area contributed by atoms with Crippen molar-refractivity contribution in [3.05, 3.63) is 80.5 Å². The van der Waals surface area contributed by atoms with Crippen LogP contribution in [-0.4, -0.2) is 46.6 Å². The number of fused-ring (bicyclic) bond motifs is 2. The van der Waals surface area contributed by atoms with E-state index >= 15 is 0 Å². The number of ether oxygens (including phenoxy) is 2. The quantitative estimate of drug-likeness (QED) is 0.255. The Balaban J connectivity index is 0.00000228. The summed E-state index contributed by atoms with van der Waals surface area (Å²) in [5, 5.41) is 28.4. The van der Waals surface area contributed by atoms with Crippen molar-refractivity contribution in [2.75, 3.05) is 13.2 Å². The van der Waals surface area contributed by atoms with Crippen LogP contribution in [0.1, 0.15) is 22.5 Å². The van der Waals surface area contributed by atoms with Gasteiger partial charge in [0.25, 0.3) is 0 Å². The molecule has 0 saturated heterocycles. The Kier molecular flexibility index (Phi) is 8.48. The van der Waals surface area contributed by atoms with Gasteiger partial charge in [0.05, 0.1) is 0 Å². The zero-order chi connectivity index (χ0) is 24.4. The van der Waals surface area contributed by atoms with Crippen molar-refractivity contribution in [1.82, 2.24) is 0 Å². The first-order valence-corrected chi connectivity index (χ1v) is 9.78. The molecule has 0 aliphatic carbocycles. The van der Waals surface area contributed by atoms with E-state index in [0.29, 0.717) is 0 Å². The molecule has 3 N–H and O–H groups in total. The Labute approximate surface area is 239 Å². The fourth-order valence-electron chi connectivity index (χ4n) is 3.23. The summed E-state index contributed by atoms with van der Waals surface area (Å²) in [5.74, 6) is -3.65. The second kappa shape index (κ2) is 11.2. The summed E-state index contributed by atoms with van der Waals surface area (Å²) in [6.07, 6.45) is -1.19. The van der Waals surface area contributed by atoms with Crippen LogP contribution in [0, 0.1) is 0 Å². The SMILES string of the molecule is O=C(O)c1cc(=O)c2c(OCC(O)COc3cccc4oc(C(=O)O)cc(=O)c34)cccc2o1.[H-].[K+]. The van der Waals surface area contributed by atoms with Crippen LogP contribution in [0.4, 0.5) is 0 Å². The third-order valence-electron chi connectivity index (χ3n) is 4.72. The minimum Gasteiger partial charge on any atom is -1.00 e. The van der Waals surface area contributed by atoms with Gasteiger partial charge in [0.15, 0.2) is 10.9 Å². The minimum absolute atomic E-state index is 0. The summed E-state index contributed by atoms with van der Waals surface area (Å²) < 4.78 is 21.4. The number of rotatable bonds is 8. The van der Waals surface area contributed by atoms with E-state index in [1.165, 1.54) is 36.4 Å². The molecule has 0 fully saturated rings. The molecular formula is C23H17KO11. The summed E-state index contributed by atoms with van der Waals surface area (Å²) in [7, 11) is 0. The van der Waals surface area contributed by atoms with E-state index in [0.717, 1.165) is 12.1 Å². The predicted molar refractivity (Wildman–Crippen MR) is 117 cm³/mol. The first-order valence-electron chi connectivity index (χ1n) is 9.78. The zero-order valence-corrected chi connectivity index (χ0v) is 21.3. The van der Waals surface area contributed by atoms with Crippen molar-refractivity contribution < 1.29 is 96.0 Å². The van der Waals surface area contributed by atoms with Crippen molar-refractivity contribution in [3.8, 4) is 11.5 Å². The fraction of sp³-hybridized carbons (Fsp3) is 0.130. The Morgan fingerprint density at radius 2 is 1.20 bits per heavy atom. The number of hydrogen-bond donors (Lipinski definition) is 3. The van der Waals surface area contributed by atoms with Gasteiger partial charge in [-0.2, -0.15) is 0 Å². The summed E-state index contributed by atoms with van der Waals surface area (Å²) in [4.78, 5) is 46.8. The van der Waals surface area contributed by atoms with E-state index in [-0.39, 0.29) is 99.5 Å². The molecule has 0 saturated carbocycles. The molecule has 0 aliphatic heterocycles. The summed E-state index contributed by atoms with van der Waals surface area (Å²) >= 11 is 0. The maximum Gasteiger partial charge on any atom is 1.00 e. The molecule has 11 nitrogen and oxygen atoms in total. The molecule has 4 aromatic rings. The molecule has 2 aromatic heterocycles. The molecule has 12 heteroatoms. The molecule has 0 spiro atoms. The second-order valence-corrected chi connectivity index (χ2v) is 7.09. The Morgan fingerprint density at radius 1 is 0.800 bits per heavy atom. The van der Waals surface area contributed by atoms with Crippen LogP contribution < -0.4 is 71.7 Å². The van der Waals surface area contributed by atoms with Gasteiger partial charge in [-0.3, -0.25) is 9.59 Å². The number of carbonyl (C=O) groups is 2. The number of carboxylic acid groups (broad SMARTS) is 2. The summed E-state index contributed by atoms with van der Waals surface area (Å²) in [5.41, 5.74) is -1.22. The average Bonchev–Trinajstić information content (AvgIpc) is 2.80. The van der Waals surface area contributed by atoms with Crippen molar-refractivity contribution in [1.29, 1.82) is 0 Å². The molecule has 176 valence electrons. The van der Waals surface area contributed by atoms with Crippen molar-refractivity contribution in [2.45, 2.75) is 6.10 Å². The van der Waals surface area contributed by atoms with E-state index in [2.05, 4.69) is 0 Å². The smallest absolute Gasteiger partial charge is 1.00 e. The maximum atomic E-state index is 12.3. The Hall–Kier alpha value is -3.00. The molecule has 35 heavy (non-hydrogen) atoms. The van der Waals surface area contributed by atoms with Crippen LogP contribution in [0.25, 0.3) is 21.9 Å². The van der Waals surface area contributed by atoms with Gasteiger partial charge in [-0.1, -0.05) is 12.1 Å². The number of aliphatic hydroxyl groups is 1. The van der Waals surface area contributed by atoms with Crippen molar-refractivity contribution in [3.63, 3.8) is 0 Å². The second-order valence-electron chi connectivity index (χ2n) is 7.09. The van der Waals surface area contributed by atoms with Gasteiger partial charge in [0.2, 0.25) is 11.5 Å².